The highest BCUT2D eigenvalue weighted by Crippen LogP contribution is 2.31. The number of imide groups is 1. The Morgan fingerprint density at radius 2 is 1.68 bits per heavy atom. The van der Waals surface area contributed by atoms with Gasteiger partial charge in [-0.25, -0.2) is 4.79 Å². The van der Waals surface area contributed by atoms with Gasteiger partial charge in [0.2, 0.25) is 0 Å². The molecular formula is C21H24N4O3. The van der Waals surface area contributed by atoms with Crippen molar-refractivity contribution < 1.29 is 14.4 Å². The molecule has 3 rings (SSSR count). The molecule has 2 aromatic carbocycles. The van der Waals surface area contributed by atoms with Crippen LogP contribution in [0.4, 0.5) is 4.79 Å². The number of rotatable bonds is 7. The van der Waals surface area contributed by atoms with E-state index < -0.39 is 23.4 Å². The maximum Gasteiger partial charge on any atom is 0.344 e. The summed E-state index contributed by atoms with van der Waals surface area (Å²) in [5.74, 6) is -0.957. The van der Waals surface area contributed by atoms with Gasteiger partial charge in [0.25, 0.3) is 11.8 Å². The first-order valence-electron chi connectivity index (χ1n) is 9.28. The maximum absolute atomic E-state index is 13.0. The second kappa shape index (κ2) is 8.22. The summed E-state index contributed by atoms with van der Waals surface area (Å²) in [6.45, 7) is 3.73. The van der Waals surface area contributed by atoms with E-state index in [4.69, 9.17) is 0 Å². The van der Waals surface area contributed by atoms with E-state index in [1.54, 1.807) is 12.1 Å². The third-order valence-corrected chi connectivity index (χ3v) is 4.99. The molecule has 0 unspecified atom stereocenters. The van der Waals surface area contributed by atoms with E-state index in [1.807, 2.05) is 62.4 Å². The lowest BCUT2D eigenvalue weighted by Gasteiger charge is -2.25. The largest absolute Gasteiger partial charge is 0.344 e. The van der Waals surface area contributed by atoms with Crippen molar-refractivity contribution in [2.45, 2.75) is 31.8 Å². The van der Waals surface area contributed by atoms with Crippen LogP contribution in [-0.2, 0) is 15.1 Å². The van der Waals surface area contributed by atoms with Crippen molar-refractivity contribution in [3.8, 4) is 0 Å². The molecule has 146 valence electrons. The average molecular weight is 380 g/mol. The Hall–Kier alpha value is -3.19. The molecule has 1 aliphatic rings. The number of nitrogens with zero attached hydrogens (tertiary/aromatic N) is 1. The van der Waals surface area contributed by atoms with Gasteiger partial charge >= 0.3 is 6.03 Å². The molecule has 0 spiro atoms. The van der Waals surface area contributed by atoms with Crippen LogP contribution in [0.25, 0.3) is 0 Å². The van der Waals surface area contributed by atoms with Crippen LogP contribution in [0.1, 0.15) is 37.4 Å². The molecular weight excluding hydrogens is 356 g/mol. The lowest BCUT2D eigenvalue weighted by molar-refractivity contribution is -0.139. The minimum absolute atomic E-state index is 0.0302. The predicted molar refractivity (Wildman–Crippen MR) is 105 cm³/mol. The summed E-state index contributed by atoms with van der Waals surface area (Å²) in [5.41, 5.74) is 2.97. The Kier molecular flexibility index (Phi) is 5.75. The Bertz CT molecular complexity index is 856. The molecule has 0 aromatic heterocycles. The highest BCUT2D eigenvalue weighted by atomic mass is 16.2. The van der Waals surface area contributed by atoms with Crippen LogP contribution in [-0.4, -0.2) is 29.4 Å². The van der Waals surface area contributed by atoms with E-state index in [-0.39, 0.29) is 12.6 Å². The Morgan fingerprint density at radius 3 is 2.29 bits per heavy atom. The van der Waals surface area contributed by atoms with Crippen LogP contribution >= 0.6 is 0 Å². The van der Waals surface area contributed by atoms with E-state index in [1.165, 1.54) is 0 Å². The second-order valence-electron chi connectivity index (χ2n) is 6.74. The van der Waals surface area contributed by atoms with E-state index >= 15 is 0 Å². The Morgan fingerprint density at radius 1 is 1.07 bits per heavy atom. The Labute approximate surface area is 164 Å². The molecule has 0 radical (unpaired) electrons. The Balaban J connectivity index is 1.65. The van der Waals surface area contributed by atoms with Gasteiger partial charge < -0.3 is 10.6 Å². The molecule has 0 saturated carbocycles. The molecule has 1 saturated heterocycles. The normalized spacial score (nSPS) is 20.0. The fourth-order valence-electron chi connectivity index (χ4n) is 3.31. The standard InChI is InChI=1S/C21H24N4O3/c1-3-21(17-12-8-5-9-13-17)19(27)25(20(28)23-21)24-18(26)14-22-15(2)16-10-6-4-7-11-16/h4-13,15,22H,3,14H2,1-2H3,(H,23,28)(H,24,26)/t15-,21+/m1/s1. The monoisotopic (exact) mass is 380 g/mol. The number of hydrogen-bond acceptors (Lipinski definition) is 4. The fourth-order valence-corrected chi connectivity index (χ4v) is 3.31. The number of nitrogens with one attached hydrogen (secondary N) is 3. The van der Waals surface area contributed by atoms with E-state index in [2.05, 4.69) is 16.1 Å². The summed E-state index contributed by atoms with van der Waals surface area (Å²) in [4.78, 5) is 37.7. The minimum atomic E-state index is -1.17. The first-order chi connectivity index (χ1) is 13.5. The van der Waals surface area contributed by atoms with Crippen molar-refractivity contribution in [2.24, 2.45) is 0 Å². The molecule has 3 N–H and O–H groups in total. The number of hydrazine groups is 1. The second-order valence-corrected chi connectivity index (χ2v) is 6.74. The quantitative estimate of drug-likeness (QED) is 0.643. The number of amides is 4. The zero-order chi connectivity index (χ0) is 20.1. The summed E-state index contributed by atoms with van der Waals surface area (Å²) in [7, 11) is 0. The molecule has 1 heterocycles. The number of hydrogen-bond donors (Lipinski definition) is 3. The SMILES string of the molecule is CC[C@@]1(c2ccccc2)NC(=O)N(NC(=O)CN[C@H](C)c2ccccc2)C1=O. The molecule has 7 heteroatoms. The van der Waals surface area contributed by atoms with Crippen molar-refractivity contribution >= 4 is 17.8 Å². The molecule has 1 fully saturated rings. The molecule has 2 aromatic rings. The summed E-state index contributed by atoms with van der Waals surface area (Å²) >= 11 is 0. The van der Waals surface area contributed by atoms with Crippen LogP contribution in [0.2, 0.25) is 0 Å². The minimum Gasteiger partial charge on any atom is -0.318 e. The van der Waals surface area contributed by atoms with Gasteiger partial charge in [-0.1, -0.05) is 67.6 Å². The maximum atomic E-state index is 13.0. The molecule has 28 heavy (non-hydrogen) atoms. The lowest BCUT2D eigenvalue weighted by atomic mass is 9.87. The van der Waals surface area contributed by atoms with Crippen molar-refractivity contribution in [1.29, 1.82) is 0 Å². The van der Waals surface area contributed by atoms with Gasteiger partial charge in [-0.05, 0) is 24.5 Å². The van der Waals surface area contributed by atoms with Gasteiger partial charge in [-0.3, -0.25) is 15.0 Å². The molecule has 7 nitrogen and oxygen atoms in total. The smallest absolute Gasteiger partial charge is 0.318 e. The van der Waals surface area contributed by atoms with Crippen molar-refractivity contribution in [2.75, 3.05) is 6.54 Å². The molecule has 0 aliphatic carbocycles. The van der Waals surface area contributed by atoms with Crippen LogP contribution in [0.3, 0.4) is 0 Å². The van der Waals surface area contributed by atoms with E-state index in [0.717, 1.165) is 10.6 Å². The van der Waals surface area contributed by atoms with Crippen molar-refractivity contribution in [1.82, 2.24) is 21.1 Å². The topological polar surface area (TPSA) is 90.5 Å². The molecule has 2 atom stereocenters. The molecule has 4 amide bonds. The van der Waals surface area contributed by atoms with Gasteiger partial charge in [0.1, 0.15) is 5.54 Å². The van der Waals surface area contributed by atoms with Gasteiger partial charge in [0.15, 0.2) is 0 Å². The highest BCUT2D eigenvalue weighted by molar-refractivity contribution is 6.08. The van der Waals surface area contributed by atoms with Crippen molar-refractivity contribution in [3.63, 3.8) is 0 Å². The number of carbonyl (C=O) groups is 3. The van der Waals surface area contributed by atoms with Crippen molar-refractivity contribution in [3.05, 3.63) is 71.8 Å². The third kappa shape index (κ3) is 3.75. The summed E-state index contributed by atoms with van der Waals surface area (Å²) in [6.07, 6.45) is 0.372. The van der Waals surface area contributed by atoms with Gasteiger partial charge in [0, 0.05) is 6.04 Å². The lowest BCUT2D eigenvalue weighted by Crippen LogP contribution is -2.50. The number of urea groups is 1. The summed E-state index contributed by atoms with van der Waals surface area (Å²) in [5, 5.41) is 6.59. The summed E-state index contributed by atoms with van der Waals surface area (Å²) in [6, 6.07) is 18.0. The van der Waals surface area contributed by atoms with Crippen LogP contribution in [0.5, 0.6) is 0 Å². The van der Waals surface area contributed by atoms with Crippen LogP contribution < -0.4 is 16.1 Å². The van der Waals surface area contributed by atoms with Crippen LogP contribution in [0.15, 0.2) is 60.7 Å². The first-order valence-corrected chi connectivity index (χ1v) is 9.28. The zero-order valence-corrected chi connectivity index (χ0v) is 15.9. The molecule has 1 aliphatic heterocycles. The third-order valence-electron chi connectivity index (χ3n) is 4.99. The van der Waals surface area contributed by atoms with Gasteiger partial charge in [0.05, 0.1) is 6.54 Å². The van der Waals surface area contributed by atoms with E-state index in [9.17, 15) is 14.4 Å². The average Bonchev–Trinajstić information content (AvgIpc) is 2.98. The van der Waals surface area contributed by atoms with Crippen LogP contribution in [0, 0.1) is 0 Å². The number of benzene rings is 2. The zero-order valence-electron chi connectivity index (χ0n) is 15.9. The van der Waals surface area contributed by atoms with Gasteiger partial charge in [-0.15, -0.1) is 0 Å². The number of carbonyl (C=O) groups excluding carboxylic acids is 3. The highest BCUT2D eigenvalue weighted by Gasteiger charge is 2.52. The van der Waals surface area contributed by atoms with E-state index in [0.29, 0.717) is 12.0 Å². The predicted octanol–water partition coefficient (Wildman–Crippen LogP) is 2.23. The first kappa shape index (κ1) is 19.6. The molecule has 0 bridgehead atoms. The fraction of sp³-hybridized carbons (Fsp3) is 0.286. The summed E-state index contributed by atoms with van der Waals surface area (Å²) < 4.78 is 0. The van der Waals surface area contributed by atoms with Gasteiger partial charge in [-0.2, -0.15) is 5.01 Å².